The van der Waals surface area contributed by atoms with Gasteiger partial charge < -0.3 is 10.1 Å². The van der Waals surface area contributed by atoms with Crippen LogP contribution in [0.2, 0.25) is 0 Å². The summed E-state index contributed by atoms with van der Waals surface area (Å²) in [7, 11) is 0. The molecule has 0 aromatic carbocycles. The Morgan fingerprint density at radius 3 is 2.89 bits per heavy atom. The van der Waals surface area contributed by atoms with Crippen LogP contribution >= 0.6 is 0 Å². The van der Waals surface area contributed by atoms with Crippen LogP contribution in [0.5, 0.6) is 0 Å². The van der Waals surface area contributed by atoms with E-state index in [0.29, 0.717) is 6.04 Å². The number of aryl methyl sites for hydroxylation is 1. The third-order valence-electron chi connectivity index (χ3n) is 3.21. The zero-order valence-corrected chi connectivity index (χ0v) is 11.4. The smallest absolute Gasteiger partial charge is 0.0594 e. The Labute approximate surface area is 109 Å². The molecule has 4 heteroatoms. The van der Waals surface area contributed by atoms with Crippen molar-refractivity contribution >= 4 is 0 Å². The number of hydrogen-bond donors (Lipinski definition) is 1. The van der Waals surface area contributed by atoms with E-state index in [-0.39, 0.29) is 0 Å². The monoisotopic (exact) mass is 249 g/mol. The molecule has 1 aliphatic rings. The number of rotatable bonds is 5. The molecule has 100 valence electrons. The largest absolute Gasteiger partial charge is 0.379 e. The van der Waals surface area contributed by atoms with E-state index in [1.54, 1.807) is 0 Å². The first kappa shape index (κ1) is 13.5. The topological polar surface area (TPSA) is 37.4 Å². The first-order chi connectivity index (χ1) is 8.74. The van der Waals surface area contributed by atoms with E-state index in [4.69, 9.17) is 4.74 Å². The highest BCUT2D eigenvalue weighted by Gasteiger charge is 2.13. The van der Waals surface area contributed by atoms with Crippen molar-refractivity contribution in [3.63, 3.8) is 0 Å². The molecule has 0 bridgehead atoms. The van der Waals surface area contributed by atoms with Gasteiger partial charge in [-0.1, -0.05) is 6.07 Å². The predicted molar refractivity (Wildman–Crippen MR) is 72.5 cm³/mol. The van der Waals surface area contributed by atoms with Gasteiger partial charge in [0.05, 0.1) is 18.9 Å². The lowest BCUT2D eigenvalue weighted by Crippen LogP contribution is -2.44. The summed E-state index contributed by atoms with van der Waals surface area (Å²) in [6, 6.07) is 6.64. The lowest BCUT2D eigenvalue weighted by molar-refractivity contribution is 0.0343. The van der Waals surface area contributed by atoms with Crippen LogP contribution in [0.25, 0.3) is 0 Å². The van der Waals surface area contributed by atoms with E-state index in [9.17, 15) is 0 Å². The summed E-state index contributed by atoms with van der Waals surface area (Å²) in [6.07, 6.45) is 0. The molecule has 2 rings (SSSR count). The molecule has 1 aromatic rings. The molecule has 1 aromatic heterocycles. The lowest BCUT2D eigenvalue weighted by Gasteiger charge is -2.29. The number of ether oxygens (including phenoxy) is 1. The molecule has 1 unspecified atom stereocenters. The second-order valence-corrected chi connectivity index (χ2v) is 4.97. The molecule has 0 radical (unpaired) electrons. The molecule has 18 heavy (non-hydrogen) atoms. The van der Waals surface area contributed by atoms with Gasteiger partial charge in [-0.2, -0.15) is 0 Å². The predicted octanol–water partition coefficient (Wildman–Crippen LogP) is 1.20. The second kappa shape index (κ2) is 6.83. The molecule has 1 aliphatic heterocycles. The van der Waals surface area contributed by atoms with Crippen LogP contribution in [-0.2, 0) is 11.3 Å². The molecule has 0 spiro atoms. The maximum atomic E-state index is 5.35. The lowest BCUT2D eigenvalue weighted by atomic mass is 10.2. The molecular formula is C14H23N3O. The van der Waals surface area contributed by atoms with Crippen LogP contribution in [0, 0.1) is 6.92 Å². The highest BCUT2D eigenvalue weighted by Crippen LogP contribution is 2.01. The van der Waals surface area contributed by atoms with E-state index >= 15 is 0 Å². The average Bonchev–Trinajstić information content (AvgIpc) is 2.38. The second-order valence-electron chi connectivity index (χ2n) is 4.97. The molecular weight excluding hydrogens is 226 g/mol. The summed E-state index contributed by atoms with van der Waals surface area (Å²) in [5.74, 6) is 0. The molecule has 2 heterocycles. The van der Waals surface area contributed by atoms with Crippen molar-refractivity contribution in [1.82, 2.24) is 15.2 Å². The molecule has 4 nitrogen and oxygen atoms in total. The number of nitrogens with one attached hydrogen (secondary N) is 1. The van der Waals surface area contributed by atoms with Crippen LogP contribution < -0.4 is 5.32 Å². The van der Waals surface area contributed by atoms with Crippen molar-refractivity contribution < 1.29 is 4.74 Å². The van der Waals surface area contributed by atoms with Gasteiger partial charge in [-0.05, 0) is 26.0 Å². The number of pyridine rings is 1. The molecule has 0 aliphatic carbocycles. The summed E-state index contributed by atoms with van der Waals surface area (Å²) >= 11 is 0. The number of aromatic nitrogens is 1. The number of hydrogen-bond acceptors (Lipinski definition) is 4. The molecule has 0 saturated carbocycles. The highest BCUT2D eigenvalue weighted by atomic mass is 16.5. The van der Waals surface area contributed by atoms with Crippen LogP contribution in [0.1, 0.15) is 18.3 Å². The van der Waals surface area contributed by atoms with Gasteiger partial charge in [0.15, 0.2) is 0 Å². The van der Waals surface area contributed by atoms with E-state index < -0.39 is 0 Å². The van der Waals surface area contributed by atoms with Gasteiger partial charge in [-0.25, -0.2) is 0 Å². The van der Waals surface area contributed by atoms with Crippen molar-refractivity contribution in [3.05, 3.63) is 29.6 Å². The minimum absolute atomic E-state index is 0.477. The Hall–Kier alpha value is -0.970. The standard InChI is InChI=1S/C14H23N3O/c1-12-4-3-5-14(16-12)10-15-13(2)11-17-6-8-18-9-7-17/h3-5,13,15H,6-11H2,1-2H3. The average molecular weight is 249 g/mol. The summed E-state index contributed by atoms with van der Waals surface area (Å²) in [6.45, 7) is 10.0. The third kappa shape index (κ3) is 4.37. The van der Waals surface area contributed by atoms with Crippen molar-refractivity contribution in [1.29, 1.82) is 0 Å². The zero-order chi connectivity index (χ0) is 12.8. The van der Waals surface area contributed by atoms with Crippen LogP contribution in [0.3, 0.4) is 0 Å². The summed E-state index contributed by atoms with van der Waals surface area (Å²) in [5.41, 5.74) is 2.19. The SMILES string of the molecule is Cc1cccc(CNC(C)CN2CCOCC2)n1. The zero-order valence-electron chi connectivity index (χ0n) is 11.4. The maximum absolute atomic E-state index is 5.35. The fourth-order valence-corrected chi connectivity index (χ4v) is 2.21. The Kier molecular flexibility index (Phi) is 5.11. The van der Waals surface area contributed by atoms with Gasteiger partial charge in [-0.15, -0.1) is 0 Å². The van der Waals surface area contributed by atoms with E-state index in [2.05, 4.69) is 34.3 Å². The molecule has 1 saturated heterocycles. The molecule has 0 amide bonds. The van der Waals surface area contributed by atoms with Crippen LogP contribution in [0.4, 0.5) is 0 Å². The van der Waals surface area contributed by atoms with Crippen molar-refractivity contribution in [2.45, 2.75) is 26.4 Å². The fraction of sp³-hybridized carbons (Fsp3) is 0.643. The van der Waals surface area contributed by atoms with E-state index in [1.807, 2.05) is 13.0 Å². The maximum Gasteiger partial charge on any atom is 0.0594 e. The van der Waals surface area contributed by atoms with E-state index in [1.165, 1.54) is 0 Å². The quantitative estimate of drug-likeness (QED) is 0.851. The van der Waals surface area contributed by atoms with Gasteiger partial charge in [0.1, 0.15) is 0 Å². The van der Waals surface area contributed by atoms with Crippen LogP contribution in [-0.4, -0.2) is 48.8 Å². The molecule has 1 fully saturated rings. The fourth-order valence-electron chi connectivity index (χ4n) is 2.21. The first-order valence-electron chi connectivity index (χ1n) is 6.70. The minimum Gasteiger partial charge on any atom is -0.379 e. The molecule has 1 N–H and O–H groups in total. The Morgan fingerprint density at radius 1 is 1.39 bits per heavy atom. The van der Waals surface area contributed by atoms with Gasteiger partial charge >= 0.3 is 0 Å². The Balaban J connectivity index is 1.72. The van der Waals surface area contributed by atoms with Gasteiger partial charge in [0.25, 0.3) is 0 Å². The van der Waals surface area contributed by atoms with E-state index in [0.717, 1.165) is 50.8 Å². The van der Waals surface area contributed by atoms with Gasteiger partial charge in [0.2, 0.25) is 0 Å². The number of morpholine rings is 1. The summed E-state index contributed by atoms with van der Waals surface area (Å²) in [5, 5.41) is 3.53. The summed E-state index contributed by atoms with van der Waals surface area (Å²) < 4.78 is 5.35. The summed E-state index contributed by atoms with van der Waals surface area (Å²) in [4.78, 5) is 6.95. The Morgan fingerprint density at radius 2 is 2.17 bits per heavy atom. The third-order valence-corrected chi connectivity index (χ3v) is 3.21. The van der Waals surface area contributed by atoms with Gasteiger partial charge in [0, 0.05) is 37.9 Å². The first-order valence-corrected chi connectivity index (χ1v) is 6.70. The Bertz CT molecular complexity index is 364. The molecule has 1 atom stereocenters. The van der Waals surface area contributed by atoms with Crippen molar-refractivity contribution in [2.24, 2.45) is 0 Å². The van der Waals surface area contributed by atoms with Crippen molar-refractivity contribution in [2.75, 3.05) is 32.8 Å². The normalized spacial score (nSPS) is 18.8. The van der Waals surface area contributed by atoms with Gasteiger partial charge in [-0.3, -0.25) is 9.88 Å². The number of nitrogens with zero attached hydrogens (tertiary/aromatic N) is 2. The minimum atomic E-state index is 0.477. The highest BCUT2D eigenvalue weighted by molar-refractivity contribution is 5.09. The van der Waals surface area contributed by atoms with Crippen LogP contribution in [0.15, 0.2) is 18.2 Å². The van der Waals surface area contributed by atoms with Crippen molar-refractivity contribution in [3.8, 4) is 0 Å².